The molecule has 2 rings (SSSR count). The highest BCUT2D eigenvalue weighted by molar-refractivity contribution is 5.86. The molecular weight excluding hydrogens is 272 g/mol. The highest BCUT2D eigenvalue weighted by atomic mass is 16.5. The second-order valence-electron chi connectivity index (χ2n) is 4.49. The third-order valence-corrected chi connectivity index (χ3v) is 3.07. The molecule has 0 radical (unpaired) electrons. The van der Waals surface area contributed by atoms with E-state index in [-0.39, 0.29) is 11.9 Å². The quantitative estimate of drug-likeness (QED) is 0.764. The minimum Gasteiger partial charge on any atom is -0.497 e. The SMILES string of the molecule is COC(=O)c1ccc(C(C)OCc2ccc(OC)cc2)o1. The van der Waals surface area contributed by atoms with Gasteiger partial charge in [0.2, 0.25) is 5.76 Å². The summed E-state index contributed by atoms with van der Waals surface area (Å²) < 4.78 is 20.8. The van der Waals surface area contributed by atoms with E-state index in [2.05, 4.69) is 4.74 Å². The van der Waals surface area contributed by atoms with E-state index in [4.69, 9.17) is 13.9 Å². The normalized spacial score (nSPS) is 12.0. The summed E-state index contributed by atoms with van der Waals surface area (Å²) >= 11 is 0. The van der Waals surface area contributed by atoms with Gasteiger partial charge in [-0.3, -0.25) is 0 Å². The van der Waals surface area contributed by atoms with Crippen LogP contribution in [0.15, 0.2) is 40.8 Å². The van der Waals surface area contributed by atoms with Crippen molar-refractivity contribution in [1.82, 2.24) is 0 Å². The van der Waals surface area contributed by atoms with E-state index in [0.29, 0.717) is 12.4 Å². The predicted octanol–water partition coefficient (Wildman–Crippen LogP) is 3.35. The Morgan fingerprint density at radius 1 is 1.14 bits per heavy atom. The minimum absolute atomic E-state index is 0.174. The largest absolute Gasteiger partial charge is 0.497 e. The summed E-state index contributed by atoms with van der Waals surface area (Å²) in [6.07, 6.45) is -0.259. The predicted molar refractivity (Wildman–Crippen MR) is 76.2 cm³/mol. The van der Waals surface area contributed by atoms with Crippen LogP contribution in [0.1, 0.15) is 34.9 Å². The molecule has 1 aromatic carbocycles. The van der Waals surface area contributed by atoms with Crippen molar-refractivity contribution in [3.8, 4) is 5.75 Å². The number of hydrogen-bond donors (Lipinski definition) is 0. The molecule has 0 fully saturated rings. The molecule has 5 heteroatoms. The molecule has 1 atom stereocenters. The van der Waals surface area contributed by atoms with Gasteiger partial charge in [-0.15, -0.1) is 0 Å². The molecule has 2 aromatic rings. The van der Waals surface area contributed by atoms with E-state index >= 15 is 0 Å². The van der Waals surface area contributed by atoms with E-state index in [1.54, 1.807) is 19.2 Å². The zero-order valence-electron chi connectivity index (χ0n) is 12.3. The summed E-state index contributed by atoms with van der Waals surface area (Å²) in [5.74, 6) is 1.07. The van der Waals surface area contributed by atoms with Gasteiger partial charge in [0.1, 0.15) is 17.6 Å². The van der Waals surface area contributed by atoms with Crippen molar-refractivity contribution in [1.29, 1.82) is 0 Å². The van der Waals surface area contributed by atoms with Crippen LogP contribution in [0.4, 0.5) is 0 Å². The zero-order chi connectivity index (χ0) is 15.2. The molecule has 0 amide bonds. The van der Waals surface area contributed by atoms with Crippen molar-refractivity contribution in [2.75, 3.05) is 14.2 Å². The van der Waals surface area contributed by atoms with Crippen molar-refractivity contribution in [3.63, 3.8) is 0 Å². The average Bonchev–Trinajstić information content (AvgIpc) is 3.02. The standard InChI is InChI=1S/C16H18O5/c1-11(14-8-9-15(21-14)16(17)19-3)20-10-12-4-6-13(18-2)7-5-12/h4-9,11H,10H2,1-3H3. The van der Waals surface area contributed by atoms with Gasteiger partial charge in [-0.05, 0) is 36.8 Å². The number of rotatable bonds is 6. The number of ether oxygens (including phenoxy) is 3. The Hall–Kier alpha value is -2.27. The first-order valence-corrected chi connectivity index (χ1v) is 6.56. The molecule has 5 nitrogen and oxygen atoms in total. The third-order valence-electron chi connectivity index (χ3n) is 3.07. The van der Waals surface area contributed by atoms with Gasteiger partial charge < -0.3 is 18.6 Å². The number of carbonyl (C=O) groups excluding carboxylic acids is 1. The molecule has 112 valence electrons. The first kappa shape index (κ1) is 15.1. The maximum absolute atomic E-state index is 11.3. The number of hydrogen-bond acceptors (Lipinski definition) is 5. The summed E-state index contributed by atoms with van der Waals surface area (Å²) in [6.45, 7) is 2.31. The lowest BCUT2D eigenvalue weighted by molar-refractivity contribution is 0.0350. The molecular formula is C16H18O5. The molecule has 1 heterocycles. The molecule has 1 aromatic heterocycles. The molecule has 0 aliphatic heterocycles. The van der Waals surface area contributed by atoms with E-state index < -0.39 is 5.97 Å². The smallest absolute Gasteiger partial charge is 0.373 e. The van der Waals surface area contributed by atoms with E-state index in [1.807, 2.05) is 31.2 Å². The number of esters is 1. The summed E-state index contributed by atoms with van der Waals surface area (Å²) in [5.41, 5.74) is 1.03. The summed E-state index contributed by atoms with van der Waals surface area (Å²) in [7, 11) is 2.94. The van der Waals surface area contributed by atoms with Crippen LogP contribution in [0.3, 0.4) is 0 Å². The van der Waals surface area contributed by atoms with E-state index in [9.17, 15) is 4.79 Å². The van der Waals surface area contributed by atoms with Crippen LogP contribution in [0.2, 0.25) is 0 Å². The Labute approximate surface area is 123 Å². The van der Waals surface area contributed by atoms with Crippen molar-refractivity contribution in [3.05, 3.63) is 53.5 Å². The molecule has 21 heavy (non-hydrogen) atoms. The first-order chi connectivity index (χ1) is 10.1. The van der Waals surface area contributed by atoms with Gasteiger partial charge in [0.25, 0.3) is 0 Å². The van der Waals surface area contributed by atoms with Crippen LogP contribution in [-0.4, -0.2) is 20.2 Å². The zero-order valence-corrected chi connectivity index (χ0v) is 12.3. The average molecular weight is 290 g/mol. The molecule has 0 bridgehead atoms. The highest BCUT2D eigenvalue weighted by Gasteiger charge is 2.15. The fraction of sp³-hybridized carbons (Fsp3) is 0.312. The van der Waals surface area contributed by atoms with Crippen LogP contribution in [0.5, 0.6) is 5.75 Å². The van der Waals surface area contributed by atoms with E-state index in [1.165, 1.54) is 7.11 Å². The van der Waals surface area contributed by atoms with Gasteiger partial charge in [-0.2, -0.15) is 0 Å². The monoisotopic (exact) mass is 290 g/mol. The molecule has 0 aliphatic carbocycles. The summed E-state index contributed by atoms with van der Waals surface area (Å²) in [4.78, 5) is 11.3. The lowest BCUT2D eigenvalue weighted by Crippen LogP contribution is -2.01. The fourth-order valence-corrected chi connectivity index (χ4v) is 1.81. The van der Waals surface area contributed by atoms with Gasteiger partial charge in [-0.1, -0.05) is 12.1 Å². The number of methoxy groups -OCH3 is 2. The van der Waals surface area contributed by atoms with Crippen molar-refractivity contribution in [2.24, 2.45) is 0 Å². The van der Waals surface area contributed by atoms with Gasteiger partial charge in [0, 0.05) is 0 Å². The Bertz CT molecular complexity index is 585. The molecule has 0 saturated heterocycles. The van der Waals surface area contributed by atoms with Crippen LogP contribution in [0.25, 0.3) is 0 Å². The Balaban J connectivity index is 1.93. The molecule has 0 saturated carbocycles. The van der Waals surface area contributed by atoms with Crippen LogP contribution >= 0.6 is 0 Å². The van der Waals surface area contributed by atoms with Crippen molar-refractivity contribution < 1.29 is 23.4 Å². The van der Waals surface area contributed by atoms with Crippen molar-refractivity contribution >= 4 is 5.97 Å². The van der Waals surface area contributed by atoms with Crippen molar-refractivity contribution in [2.45, 2.75) is 19.6 Å². The van der Waals surface area contributed by atoms with Crippen LogP contribution in [-0.2, 0) is 16.1 Å². The molecule has 0 aliphatic rings. The number of furan rings is 1. The van der Waals surface area contributed by atoms with Gasteiger partial charge in [0.05, 0.1) is 20.8 Å². The fourth-order valence-electron chi connectivity index (χ4n) is 1.81. The number of benzene rings is 1. The van der Waals surface area contributed by atoms with Crippen LogP contribution < -0.4 is 4.74 Å². The van der Waals surface area contributed by atoms with E-state index in [0.717, 1.165) is 11.3 Å². The topological polar surface area (TPSA) is 57.9 Å². The second kappa shape index (κ2) is 6.95. The van der Waals surface area contributed by atoms with Gasteiger partial charge in [-0.25, -0.2) is 4.79 Å². The Morgan fingerprint density at radius 2 is 1.86 bits per heavy atom. The summed E-state index contributed by atoms with van der Waals surface area (Å²) in [5, 5.41) is 0. The minimum atomic E-state index is -0.497. The third kappa shape index (κ3) is 3.86. The summed E-state index contributed by atoms with van der Waals surface area (Å²) in [6, 6.07) is 10.9. The maximum atomic E-state index is 11.3. The number of carbonyl (C=O) groups is 1. The van der Waals surface area contributed by atoms with Crippen LogP contribution in [0, 0.1) is 0 Å². The lowest BCUT2D eigenvalue weighted by Gasteiger charge is -2.11. The van der Waals surface area contributed by atoms with Gasteiger partial charge in [0.15, 0.2) is 0 Å². The lowest BCUT2D eigenvalue weighted by atomic mass is 10.2. The second-order valence-corrected chi connectivity index (χ2v) is 4.49. The first-order valence-electron chi connectivity index (χ1n) is 6.56. The van der Waals surface area contributed by atoms with Gasteiger partial charge >= 0.3 is 5.97 Å². The Morgan fingerprint density at radius 3 is 2.48 bits per heavy atom. The molecule has 0 N–H and O–H groups in total. The maximum Gasteiger partial charge on any atom is 0.373 e. The highest BCUT2D eigenvalue weighted by Crippen LogP contribution is 2.22. The molecule has 1 unspecified atom stereocenters. The Kier molecular flexibility index (Phi) is 5.00. The molecule has 0 spiro atoms.